The van der Waals surface area contributed by atoms with Crippen LogP contribution in [0.15, 0.2) is 24.3 Å². The van der Waals surface area contributed by atoms with Crippen molar-refractivity contribution in [2.24, 2.45) is 11.3 Å². The number of hydrogen-bond donors (Lipinski definition) is 2. The third-order valence-electron chi connectivity index (χ3n) is 4.60. The molecule has 1 aromatic carbocycles. The fourth-order valence-corrected chi connectivity index (χ4v) is 3.93. The number of nitrogens with one attached hydrogen (secondary N) is 2. The first kappa shape index (κ1) is 18.6. The highest BCUT2D eigenvalue weighted by molar-refractivity contribution is 14.1. The van der Waals surface area contributed by atoms with Crippen molar-refractivity contribution in [2.75, 3.05) is 0 Å². The van der Waals surface area contributed by atoms with Crippen molar-refractivity contribution in [2.45, 2.75) is 52.5 Å². The summed E-state index contributed by atoms with van der Waals surface area (Å²) in [5.41, 5.74) is 1.02. The van der Waals surface area contributed by atoms with Gasteiger partial charge in [0.05, 0.1) is 0 Å². The Morgan fingerprint density at radius 2 is 1.87 bits per heavy atom. The Labute approximate surface area is 158 Å². The molecule has 0 heterocycles. The number of rotatable bonds is 2. The van der Waals surface area contributed by atoms with Gasteiger partial charge >= 0.3 is 0 Å². The molecular formula is C18H25IN2OS. The number of carbonyl (C=O) groups excluding carboxylic acids is 1. The van der Waals surface area contributed by atoms with Crippen LogP contribution in [0.4, 0.5) is 0 Å². The molecule has 1 saturated carbocycles. The van der Waals surface area contributed by atoms with Crippen LogP contribution in [0.1, 0.15) is 56.8 Å². The van der Waals surface area contributed by atoms with Gasteiger partial charge in [-0.25, -0.2) is 0 Å². The molecule has 2 rings (SSSR count). The molecule has 0 aliphatic heterocycles. The van der Waals surface area contributed by atoms with E-state index >= 15 is 0 Å². The van der Waals surface area contributed by atoms with Gasteiger partial charge in [0.25, 0.3) is 5.91 Å². The van der Waals surface area contributed by atoms with E-state index in [4.69, 9.17) is 12.2 Å². The van der Waals surface area contributed by atoms with Gasteiger partial charge in [0, 0.05) is 15.2 Å². The second-order valence-electron chi connectivity index (χ2n) is 7.35. The van der Waals surface area contributed by atoms with E-state index in [2.05, 4.69) is 54.0 Å². The predicted molar refractivity (Wildman–Crippen MR) is 108 cm³/mol. The smallest absolute Gasteiger partial charge is 0.257 e. The maximum Gasteiger partial charge on any atom is 0.257 e. The summed E-state index contributed by atoms with van der Waals surface area (Å²) in [4.78, 5) is 12.2. The van der Waals surface area contributed by atoms with Crippen molar-refractivity contribution < 1.29 is 4.79 Å². The number of benzene rings is 1. The third kappa shape index (κ3) is 5.71. The van der Waals surface area contributed by atoms with E-state index in [0.717, 1.165) is 22.3 Å². The zero-order chi connectivity index (χ0) is 17.0. The molecule has 2 N–H and O–H groups in total. The first-order chi connectivity index (χ1) is 10.8. The SMILES string of the molecule is CC(C)(C)C1CCC(NC(=S)NC(=O)c2cccc(I)c2)CC1. The van der Waals surface area contributed by atoms with Gasteiger partial charge in [0.2, 0.25) is 0 Å². The van der Waals surface area contributed by atoms with Gasteiger partial charge in [0.1, 0.15) is 0 Å². The average molecular weight is 444 g/mol. The summed E-state index contributed by atoms with van der Waals surface area (Å²) in [6.45, 7) is 6.95. The zero-order valence-electron chi connectivity index (χ0n) is 14.0. The normalized spacial score (nSPS) is 21.6. The molecule has 0 aromatic heterocycles. The van der Waals surface area contributed by atoms with Gasteiger partial charge in [-0.05, 0) is 90.0 Å². The Morgan fingerprint density at radius 3 is 2.43 bits per heavy atom. The molecule has 0 radical (unpaired) electrons. The maximum atomic E-state index is 12.2. The highest BCUT2D eigenvalue weighted by Gasteiger charge is 2.29. The van der Waals surface area contributed by atoms with E-state index < -0.39 is 0 Å². The standard InChI is InChI=1S/C18H25IN2OS/c1-18(2,3)13-7-9-15(10-8-13)20-17(23)21-16(22)12-5-4-6-14(19)11-12/h4-6,11,13,15H,7-10H2,1-3H3,(H2,20,21,22,23). The van der Waals surface area contributed by atoms with Crippen molar-refractivity contribution in [3.63, 3.8) is 0 Å². The number of thiocarbonyl (C=S) groups is 1. The molecule has 1 amide bonds. The number of hydrogen-bond acceptors (Lipinski definition) is 2. The fraction of sp³-hybridized carbons (Fsp3) is 0.556. The first-order valence-electron chi connectivity index (χ1n) is 8.13. The van der Waals surface area contributed by atoms with Crippen molar-refractivity contribution in [3.05, 3.63) is 33.4 Å². The molecule has 0 spiro atoms. The molecule has 126 valence electrons. The number of halogens is 1. The van der Waals surface area contributed by atoms with Crippen molar-refractivity contribution in [1.29, 1.82) is 0 Å². The van der Waals surface area contributed by atoms with Crippen molar-refractivity contribution in [3.8, 4) is 0 Å². The lowest BCUT2D eigenvalue weighted by molar-refractivity contribution is 0.0976. The van der Waals surface area contributed by atoms with E-state index in [-0.39, 0.29) is 5.91 Å². The summed E-state index contributed by atoms with van der Waals surface area (Å²) in [7, 11) is 0. The summed E-state index contributed by atoms with van der Waals surface area (Å²) in [6, 6.07) is 7.86. The van der Waals surface area contributed by atoms with Gasteiger partial charge < -0.3 is 5.32 Å². The molecule has 1 aliphatic rings. The predicted octanol–water partition coefficient (Wildman–Crippen LogP) is 4.50. The highest BCUT2D eigenvalue weighted by atomic mass is 127. The number of carbonyl (C=O) groups is 1. The molecule has 1 fully saturated rings. The third-order valence-corrected chi connectivity index (χ3v) is 5.49. The van der Waals surface area contributed by atoms with E-state index in [1.54, 1.807) is 6.07 Å². The van der Waals surface area contributed by atoms with Crippen molar-refractivity contribution in [1.82, 2.24) is 10.6 Å². The minimum absolute atomic E-state index is 0.149. The van der Waals surface area contributed by atoms with Gasteiger partial charge in [-0.3, -0.25) is 10.1 Å². The fourth-order valence-electron chi connectivity index (χ4n) is 3.13. The van der Waals surface area contributed by atoms with Crippen LogP contribution < -0.4 is 10.6 Å². The molecule has 0 unspecified atom stereocenters. The van der Waals surface area contributed by atoms with Crippen LogP contribution in [0.3, 0.4) is 0 Å². The Morgan fingerprint density at radius 1 is 1.22 bits per heavy atom. The molecule has 1 aromatic rings. The molecule has 3 nitrogen and oxygen atoms in total. The first-order valence-corrected chi connectivity index (χ1v) is 9.62. The minimum atomic E-state index is -0.149. The van der Waals surface area contributed by atoms with Gasteiger partial charge in [0.15, 0.2) is 5.11 Å². The Bertz CT molecular complexity index is 575. The lowest BCUT2D eigenvalue weighted by Gasteiger charge is -2.37. The zero-order valence-corrected chi connectivity index (χ0v) is 17.0. The second kappa shape index (κ2) is 7.92. The van der Waals surface area contributed by atoms with Crippen LogP contribution in [0.2, 0.25) is 0 Å². The van der Waals surface area contributed by atoms with Crippen LogP contribution in [0, 0.1) is 14.9 Å². The summed E-state index contributed by atoms with van der Waals surface area (Å²) < 4.78 is 1.04. The summed E-state index contributed by atoms with van der Waals surface area (Å²) in [6.07, 6.45) is 4.66. The minimum Gasteiger partial charge on any atom is -0.360 e. The van der Waals surface area contributed by atoms with Crippen LogP contribution in [0.5, 0.6) is 0 Å². The molecule has 0 saturated heterocycles. The highest BCUT2D eigenvalue weighted by Crippen LogP contribution is 2.37. The summed E-state index contributed by atoms with van der Waals surface area (Å²) >= 11 is 7.50. The molecule has 5 heteroatoms. The van der Waals surface area contributed by atoms with E-state index in [0.29, 0.717) is 22.1 Å². The molecular weight excluding hydrogens is 419 g/mol. The van der Waals surface area contributed by atoms with Crippen LogP contribution in [-0.4, -0.2) is 17.1 Å². The second-order valence-corrected chi connectivity index (χ2v) is 9.01. The van der Waals surface area contributed by atoms with E-state index in [1.807, 2.05) is 18.2 Å². The Kier molecular flexibility index (Phi) is 6.42. The van der Waals surface area contributed by atoms with Gasteiger partial charge in [-0.15, -0.1) is 0 Å². The van der Waals surface area contributed by atoms with E-state index in [9.17, 15) is 4.79 Å². The topological polar surface area (TPSA) is 41.1 Å². The summed E-state index contributed by atoms with van der Waals surface area (Å²) in [5, 5.41) is 6.53. The molecule has 0 bridgehead atoms. The maximum absolute atomic E-state index is 12.2. The Balaban J connectivity index is 1.81. The van der Waals surface area contributed by atoms with Crippen LogP contribution >= 0.6 is 34.8 Å². The molecule has 0 atom stereocenters. The molecule has 23 heavy (non-hydrogen) atoms. The monoisotopic (exact) mass is 444 g/mol. The molecule has 1 aliphatic carbocycles. The average Bonchev–Trinajstić information content (AvgIpc) is 2.46. The number of amides is 1. The van der Waals surface area contributed by atoms with Gasteiger partial charge in [-0.2, -0.15) is 0 Å². The lowest BCUT2D eigenvalue weighted by atomic mass is 9.71. The van der Waals surface area contributed by atoms with Gasteiger partial charge in [-0.1, -0.05) is 26.8 Å². The van der Waals surface area contributed by atoms with E-state index in [1.165, 1.54) is 12.8 Å². The Hall–Kier alpha value is -0.690. The van der Waals surface area contributed by atoms with Crippen molar-refractivity contribution >= 4 is 45.8 Å². The van der Waals surface area contributed by atoms with Crippen LogP contribution in [-0.2, 0) is 0 Å². The lowest BCUT2D eigenvalue weighted by Crippen LogP contribution is -2.46. The quantitative estimate of drug-likeness (QED) is 0.522. The largest absolute Gasteiger partial charge is 0.360 e. The van der Waals surface area contributed by atoms with Crippen LogP contribution in [0.25, 0.3) is 0 Å². The summed E-state index contributed by atoms with van der Waals surface area (Å²) in [5.74, 6) is 0.625.